The maximum Gasteiger partial charge on any atom is 0.334 e. The lowest BCUT2D eigenvalue weighted by Gasteiger charge is -2.37. The van der Waals surface area contributed by atoms with E-state index in [-0.39, 0.29) is 18.4 Å². The topological polar surface area (TPSA) is 91.3 Å². The van der Waals surface area contributed by atoms with Crippen molar-refractivity contribution in [3.05, 3.63) is 12.2 Å². The van der Waals surface area contributed by atoms with Gasteiger partial charge in [0.15, 0.2) is 0 Å². The molecular formula is C23H36O7. The Morgan fingerprint density at radius 3 is 2.60 bits per heavy atom. The molecule has 7 heteroatoms. The van der Waals surface area contributed by atoms with Gasteiger partial charge in [0.1, 0.15) is 12.2 Å². The number of esters is 2. The summed E-state index contributed by atoms with van der Waals surface area (Å²) >= 11 is 0. The van der Waals surface area contributed by atoms with Crippen molar-refractivity contribution < 1.29 is 33.6 Å². The number of carbonyl (C=O) groups is 2. The molecule has 3 aliphatic heterocycles. The second-order valence-corrected chi connectivity index (χ2v) is 9.67. The molecule has 3 fully saturated rings. The molecule has 3 rings (SSSR count). The van der Waals surface area contributed by atoms with E-state index in [4.69, 9.17) is 18.9 Å². The Morgan fingerprint density at radius 2 is 1.97 bits per heavy atom. The van der Waals surface area contributed by atoms with Gasteiger partial charge in [-0.2, -0.15) is 0 Å². The SMILES string of the molecule is C=C1C(=O)O[C@H]2[C@H](OC(C)=O)[C@@H](C)CCC[C@](C)(OC)[C@@H]3CC[C@](C)(O3)[C@H](O)C[C@@H]12. The molecule has 30 heavy (non-hydrogen) atoms. The van der Waals surface area contributed by atoms with Crippen LogP contribution in [0.4, 0.5) is 0 Å². The third-order valence-electron chi connectivity index (χ3n) is 7.51. The Kier molecular flexibility index (Phi) is 6.65. The fraction of sp³-hybridized carbons (Fsp3) is 0.826. The number of fused-ring (bicyclic) bond motifs is 3. The number of methoxy groups -OCH3 is 1. The van der Waals surface area contributed by atoms with Crippen LogP contribution in [0.1, 0.15) is 66.2 Å². The predicted molar refractivity (Wildman–Crippen MR) is 110 cm³/mol. The molecule has 0 aliphatic carbocycles. The first kappa shape index (κ1) is 23.2. The van der Waals surface area contributed by atoms with Crippen molar-refractivity contribution in [1.82, 2.24) is 0 Å². The quantitative estimate of drug-likeness (QED) is 0.538. The highest BCUT2D eigenvalue weighted by atomic mass is 16.6. The van der Waals surface area contributed by atoms with E-state index in [1.54, 1.807) is 7.11 Å². The molecule has 3 aliphatic rings. The molecule has 1 N–H and O–H groups in total. The van der Waals surface area contributed by atoms with Gasteiger partial charge >= 0.3 is 11.9 Å². The van der Waals surface area contributed by atoms with Crippen LogP contribution in [0.3, 0.4) is 0 Å². The molecule has 0 amide bonds. The van der Waals surface area contributed by atoms with Crippen molar-refractivity contribution in [3.8, 4) is 0 Å². The normalized spacial score (nSPS) is 45.0. The molecular weight excluding hydrogens is 388 g/mol. The van der Waals surface area contributed by atoms with Gasteiger partial charge in [-0.05, 0) is 51.9 Å². The minimum absolute atomic E-state index is 0.0344. The van der Waals surface area contributed by atoms with Crippen LogP contribution in [0.5, 0.6) is 0 Å². The molecule has 8 atom stereocenters. The average Bonchev–Trinajstić information content (AvgIpc) is 3.22. The monoisotopic (exact) mass is 424 g/mol. The highest BCUT2D eigenvalue weighted by molar-refractivity contribution is 5.91. The summed E-state index contributed by atoms with van der Waals surface area (Å²) in [6.07, 6.45) is 1.95. The summed E-state index contributed by atoms with van der Waals surface area (Å²) in [4.78, 5) is 24.2. The average molecular weight is 425 g/mol. The first-order valence-corrected chi connectivity index (χ1v) is 11.0. The van der Waals surface area contributed by atoms with Crippen LogP contribution in [0.2, 0.25) is 0 Å². The Morgan fingerprint density at radius 1 is 1.27 bits per heavy atom. The molecule has 0 unspecified atom stereocenters. The summed E-state index contributed by atoms with van der Waals surface area (Å²) in [6.45, 7) is 11.2. The summed E-state index contributed by atoms with van der Waals surface area (Å²) < 4.78 is 23.6. The largest absolute Gasteiger partial charge is 0.458 e. The molecule has 0 saturated carbocycles. The van der Waals surface area contributed by atoms with Gasteiger partial charge in [-0.3, -0.25) is 4.79 Å². The summed E-state index contributed by atoms with van der Waals surface area (Å²) in [5.41, 5.74) is -0.899. The minimum atomic E-state index is -0.823. The molecule has 3 saturated heterocycles. The van der Waals surface area contributed by atoms with Crippen molar-refractivity contribution >= 4 is 11.9 Å². The Balaban J connectivity index is 1.96. The molecule has 0 spiro atoms. The van der Waals surface area contributed by atoms with Crippen LogP contribution in [0, 0.1) is 11.8 Å². The molecule has 0 radical (unpaired) electrons. The Labute approximate surface area is 179 Å². The van der Waals surface area contributed by atoms with Gasteiger partial charge in [-0.15, -0.1) is 0 Å². The molecule has 2 bridgehead atoms. The molecule has 7 nitrogen and oxygen atoms in total. The highest BCUT2D eigenvalue weighted by Gasteiger charge is 2.53. The highest BCUT2D eigenvalue weighted by Crippen LogP contribution is 2.45. The van der Waals surface area contributed by atoms with Crippen molar-refractivity contribution in [2.24, 2.45) is 11.8 Å². The number of carbonyl (C=O) groups excluding carboxylic acids is 2. The maximum absolute atomic E-state index is 12.3. The number of aliphatic hydroxyl groups excluding tert-OH is 1. The molecule has 3 heterocycles. The zero-order valence-corrected chi connectivity index (χ0v) is 18.8. The van der Waals surface area contributed by atoms with E-state index in [1.165, 1.54) is 6.92 Å². The lowest BCUT2D eigenvalue weighted by molar-refractivity contribution is -0.174. The van der Waals surface area contributed by atoms with Gasteiger partial charge in [-0.25, -0.2) is 4.79 Å². The fourth-order valence-corrected chi connectivity index (χ4v) is 5.26. The van der Waals surface area contributed by atoms with Crippen molar-refractivity contribution in [3.63, 3.8) is 0 Å². The van der Waals surface area contributed by atoms with E-state index in [9.17, 15) is 14.7 Å². The molecule has 0 aromatic rings. The van der Waals surface area contributed by atoms with E-state index in [1.807, 2.05) is 13.8 Å². The zero-order chi connectivity index (χ0) is 22.3. The number of rotatable bonds is 2. The van der Waals surface area contributed by atoms with Crippen LogP contribution < -0.4 is 0 Å². The number of hydrogen-bond acceptors (Lipinski definition) is 7. The van der Waals surface area contributed by atoms with E-state index in [0.717, 1.165) is 25.7 Å². The fourth-order valence-electron chi connectivity index (χ4n) is 5.26. The predicted octanol–water partition coefficient (Wildman–Crippen LogP) is 2.93. The van der Waals surface area contributed by atoms with Gasteiger partial charge in [0.05, 0.1) is 23.4 Å². The van der Waals surface area contributed by atoms with Crippen molar-refractivity contribution in [1.29, 1.82) is 0 Å². The van der Waals surface area contributed by atoms with Gasteiger partial charge in [0.2, 0.25) is 0 Å². The standard InChI is InChI=1S/C23H36O7/c1-13-8-7-10-23(5,27-6)18-9-11-22(4,30-18)17(25)12-16-14(2)21(26)29-20(16)19(13)28-15(3)24/h13,16-20,25H,2,7-12H2,1,3-6H3/t13-,16-,17+,18-,19+,20+,22-,23-/m0/s1. The van der Waals surface area contributed by atoms with Crippen LogP contribution >= 0.6 is 0 Å². The van der Waals surface area contributed by atoms with Crippen LogP contribution in [0.25, 0.3) is 0 Å². The lowest BCUT2D eigenvalue weighted by Crippen LogP contribution is -2.47. The van der Waals surface area contributed by atoms with E-state index < -0.39 is 47.4 Å². The summed E-state index contributed by atoms with van der Waals surface area (Å²) in [7, 11) is 1.70. The van der Waals surface area contributed by atoms with Crippen molar-refractivity contribution in [2.45, 2.75) is 102 Å². The lowest BCUT2D eigenvalue weighted by atomic mass is 9.79. The molecule has 0 aromatic carbocycles. The third kappa shape index (κ3) is 4.30. The smallest absolute Gasteiger partial charge is 0.334 e. The Hall–Kier alpha value is -1.44. The van der Waals surface area contributed by atoms with Crippen LogP contribution in [-0.4, -0.2) is 59.8 Å². The number of ether oxygens (including phenoxy) is 4. The first-order chi connectivity index (χ1) is 14.0. The van der Waals surface area contributed by atoms with Gasteiger partial charge in [0.25, 0.3) is 0 Å². The van der Waals surface area contributed by atoms with E-state index in [0.29, 0.717) is 12.0 Å². The van der Waals surface area contributed by atoms with E-state index in [2.05, 4.69) is 13.5 Å². The maximum atomic E-state index is 12.3. The van der Waals surface area contributed by atoms with Crippen LogP contribution in [-0.2, 0) is 28.5 Å². The zero-order valence-electron chi connectivity index (χ0n) is 18.8. The molecule has 0 aromatic heterocycles. The van der Waals surface area contributed by atoms with E-state index >= 15 is 0 Å². The molecule has 170 valence electrons. The Bertz CT molecular complexity index is 691. The van der Waals surface area contributed by atoms with Gasteiger partial charge in [-0.1, -0.05) is 19.9 Å². The summed E-state index contributed by atoms with van der Waals surface area (Å²) in [5, 5.41) is 11.2. The third-order valence-corrected chi connectivity index (χ3v) is 7.51. The summed E-state index contributed by atoms with van der Waals surface area (Å²) in [6, 6.07) is 0. The number of aliphatic hydroxyl groups is 1. The second kappa shape index (κ2) is 8.60. The van der Waals surface area contributed by atoms with Crippen molar-refractivity contribution in [2.75, 3.05) is 7.11 Å². The minimum Gasteiger partial charge on any atom is -0.458 e. The first-order valence-electron chi connectivity index (χ1n) is 11.0. The summed E-state index contributed by atoms with van der Waals surface area (Å²) in [5.74, 6) is -1.38. The van der Waals surface area contributed by atoms with Crippen LogP contribution in [0.15, 0.2) is 12.2 Å². The van der Waals surface area contributed by atoms with Gasteiger partial charge in [0, 0.05) is 25.5 Å². The number of hydrogen-bond donors (Lipinski definition) is 1. The van der Waals surface area contributed by atoms with Gasteiger partial charge < -0.3 is 24.1 Å². The second-order valence-electron chi connectivity index (χ2n) is 9.67.